The molecule has 0 amide bonds. The van der Waals surface area contributed by atoms with E-state index in [-0.39, 0.29) is 24.1 Å². The summed E-state index contributed by atoms with van der Waals surface area (Å²) in [6.07, 6.45) is 1.44. The second-order valence-electron chi connectivity index (χ2n) is 4.00. The van der Waals surface area contributed by atoms with Gasteiger partial charge in [0.25, 0.3) is 0 Å². The van der Waals surface area contributed by atoms with Gasteiger partial charge in [-0.25, -0.2) is 0 Å². The number of nitriles is 1. The maximum absolute atomic E-state index is 10.8. The van der Waals surface area contributed by atoms with Crippen LogP contribution in [0.3, 0.4) is 0 Å². The van der Waals surface area contributed by atoms with Crippen molar-refractivity contribution in [2.45, 2.75) is 25.8 Å². The lowest BCUT2D eigenvalue weighted by atomic mass is 10.2. The Labute approximate surface area is 112 Å². The molecular weight excluding hydrogens is 246 g/mol. The van der Waals surface area contributed by atoms with Gasteiger partial charge in [-0.05, 0) is 19.0 Å². The van der Waals surface area contributed by atoms with E-state index in [1.165, 1.54) is 6.07 Å². The molecule has 6 nitrogen and oxygen atoms in total. The predicted molar refractivity (Wildman–Crippen MR) is 70.9 cm³/mol. The van der Waals surface area contributed by atoms with Crippen molar-refractivity contribution in [3.63, 3.8) is 0 Å². The van der Waals surface area contributed by atoms with Crippen LogP contribution in [0.2, 0.25) is 0 Å². The summed E-state index contributed by atoms with van der Waals surface area (Å²) >= 11 is 0. The summed E-state index contributed by atoms with van der Waals surface area (Å²) in [4.78, 5) is 10.3. The van der Waals surface area contributed by atoms with E-state index in [4.69, 9.17) is 10.00 Å². The highest BCUT2D eigenvalue weighted by Crippen LogP contribution is 2.25. The Balaban J connectivity index is 2.49. The fourth-order valence-electron chi connectivity index (χ4n) is 1.55. The second kappa shape index (κ2) is 8.06. The highest BCUT2D eigenvalue weighted by atomic mass is 16.6. The fraction of sp³-hybridized carbons (Fsp3) is 0.462. The van der Waals surface area contributed by atoms with E-state index in [9.17, 15) is 10.1 Å². The number of benzene rings is 1. The standard InChI is InChI=1S/C13H17N3O3/c1-2-8-15-11(10-14)7-9-19-13-6-4-3-5-12(13)16(17)18/h3-6,11,15H,2,7-9H2,1H3. The molecule has 0 spiro atoms. The Kier molecular flexibility index (Phi) is 6.33. The van der Waals surface area contributed by atoms with Gasteiger partial charge in [0.15, 0.2) is 5.75 Å². The summed E-state index contributed by atoms with van der Waals surface area (Å²) in [5, 5.41) is 22.8. The average molecular weight is 263 g/mol. The Morgan fingerprint density at radius 3 is 2.89 bits per heavy atom. The summed E-state index contributed by atoms with van der Waals surface area (Å²) in [7, 11) is 0. The number of rotatable bonds is 8. The Morgan fingerprint density at radius 2 is 2.26 bits per heavy atom. The molecule has 6 heteroatoms. The summed E-state index contributed by atoms with van der Waals surface area (Å²) in [6.45, 7) is 3.05. The number of hydrogen-bond acceptors (Lipinski definition) is 5. The van der Waals surface area contributed by atoms with Gasteiger partial charge in [0.2, 0.25) is 0 Å². The molecule has 1 rings (SSSR count). The van der Waals surface area contributed by atoms with Crippen LogP contribution in [0, 0.1) is 21.4 Å². The van der Waals surface area contributed by atoms with Gasteiger partial charge in [-0.15, -0.1) is 0 Å². The van der Waals surface area contributed by atoms with Crippen LogP contribution < -0.4 is 10.1 Å². The number of ether oxygens (including phenoxy) is 1. The molecule has 0 bridgehead atoms. The van der Waals surface area contributed by atoms with Crippen molar-refractivity contribution in [2.24, 2.45) is 0 Å². The van der Waals surface area contributed by atoms with Crippen LogP contribution in [0.5, 0.6) is 5.75 Å². The molecular formula is C13H17N3O3. The van der Waals surface area contributed by atoms with E-state index in [2.05, 4.69) is 11.4 Å². The van der Waals surface area contributed by atoms with Crippen molar-refractivity contribution in [3.8, 4) is 11.8 Å². The molecule has 0 aliphatic rings. The molecule has 1 aromatic rings. The van der Waals surface area contributed by atoms with E-state index >= 15 is 0 Å². The molecule has 1 N–H and O–H groups in total. The molecule has 0 aromatic heterocycles. The first kappa shape index (κ1) is 14.9. The summed E-state index contributed by atoms with van der Waals surface area (Å²) in [5.41, 5.74) is -0.0578. The monoisotopic (exact) mass is 263 g/mol. The molecule has 0 saturated carbocycles. The average Bonchev–Trinajstić information content (AvgIpc) is 2.43. The zero-order valence-electron chi connectivity index (χ0n) is 10.8. The zero-order valence-corrected chi connectivity index (χ0v) is 10.8. The minimum absolute atomic E-state index is 0.0578. The van der Waals surface area contributed by atoms with Crippen LogP contribution in [-0.2, 0) is 0 Å². The lowest BCUT2D eigenvalue weighted by Crippen LogP contribution is -2.29. The number of nitrogens with one attached hydrogen (secondary N) is 1. The first-order valence-corrected chi connectivity index (χ1v) is 6.18. The van der Waals surface area contributed by atoms with Gasteiger partial charge in [-0.2, -0.15) is 5.26 Å². The van der Waals surface area contributed by atoms with Crippen molar-refractivity contribution in [2.75, 3.05) is 13.2 Å². The third-order valence-electron chi connectivity index (χ3n) is 2.52. The normalized spacial score (nSPS) is 11.6. The van der Waals surface area contributed by atoms with E-state index < -0.39 is 4.92 Å². The van der Waals surface area contributed by atoms with Crippen LogP contribution >= 0.6 is 0 Å². The fourth-order valence-corrected chi connectivity index (χ4v) is 1.55. The summed E-state index contributed by atoms with van der Waals surface area (Å²) in [5.74, 6) is 0.236. The molecule has 1 unspecified atom stereocenters. The van der Waals surface area contributed by atoms with E-state index in [1.54, 1.807) is 18.2 Å². The maximum atomic E-state index is 10.8. The molecule has 0 aliphatic heterocycles. The van der Waals surface area contributed by atoms with Crippen LogP contribution in [-0.4, -0.2) is 24.1 Å². The minimum Gasteiger partial charge on any atom is -0.487 e. The number of nitro groups is 1. The minimum atomic E-state index is -0.480. The van der Waals surface area contributed by atoms with E-state index in [1.807, 2.05) is 6.92 Å². The van der Waals surface area contributed by atoms with Gasteiger partial charge in [-0.3, -0.25) is 10.1 Å². The Bertz CT molecular complexity index is 457. The molecule has 1 atom stereocenters. The van der Waals surface area contributed by atoms with Crippen molar-refractivity contribution in [3.05, 3.63) is 34.4 Å². The molecule has 0 heterocycles. The molecule has 102 valence electrons. The highest BCUT2D eigenvalue weighted by molar-refractivity contribution is 5.45. The molecule has 19 heavy (non-hydrogen) atoms. The Hall–Kier alpha value is -2.13. The summed E-state index contributed by atoms with van der Waals surface area (Å²) < 4.78 is 5.38. The number of nitrogens with zero attached hydrogens (tertiary/aromatic N) is 2. The van der Waals surface area contributed by atoms with Crippen LogP contribution in [0.4, 0.5) is 5.69 Å². The van der Waals surface area contributed by atoms with Crippen LogP contribution in [0.15, 0.2) is 24.3 Å². The molecule has 0 radical (unpaired) electrons. The molecule has 0 saturated heterocycles. The zero-order chi connectivity index (χ0) is 14.1. The molecule has 0 aliphatic carbocycles. The van der Waals surface area contributed by atoms with Gasteiger partial charge in [-0.1, -0.05) is 19.1 Å². The van der Waals surface area contributed by atoms with Gasteiger partial charge in [0.1, 0.15) is 0 Å². The smallest absolute Gasteiger partial charge is 0.310 e. The van der Waals surface area contributed by atoms with Crippen molar-refractivity contribution in [1.29, 1.82) is 5.26 Å². The molecule has 0 fully saturated rings. The number of nitro benzene ring substituents is 1. The first-order valence-electron chi connectivity index (χ1n) is 6.18. The SMILES string of the molecule is CCCNC(C#N)CCOc1ccccc1[N+](=O)[O-]. The topological polar surface area (TPSA) is 88.2 Å². The quantitative estimate of drug-likeness (QED) is 0.574. The number of para-hydroxylation sites is 2. The summed E-state index contributed by atoms with van der Waals surface area (Å²) in [6, 6.07) is 8.07. The largest absolute Gasteiger partial charge is 0.487 e. The van der Waals surface area contributed by atoms with Crippen LogP contribution in [0.1, 0.15) is 19.8 Å². The Morgan fingerprint density at radius 1 is 1.53 bits per heavy atom. The lowest BCUT2D eigenvalue weighted by Gasteiger charge is -2.11. The molecule has 1 aromatic carbocycles. The van der Waals surface area contributed by atoms with Crippen molar-refractivity contribution in [1.82, 2.24) is 5.32 Å². The van der Waals surface area contributed by atoms with Crippen LogP contribution in [0.25, 0.3) is 0 Å². The number of hydrogen-bond donors (Lipinski definition) is 1. The van der Waals surface area contributed by atoms with E-state index in [0.717, 1.165) is 13.0 Å². The third kappa shape index (κ3) is 4.94. The van der Waals surface area contributed by atoms with Gasteiger partial charge < -0.3 is 10.1 Å². The third-order valence-corrected chi connectivity index (χ3v) is 2.52. The van der Waals surface area contributed by atoms with Gasteiger partial charge in [0.05, 0.1) is 23.6 Å². The first-order chi connectivity index (χ1) is 9.19. The lowest BCUT2D eigenvalue weighted by molar-refractivity contribution is -0.385. The predicted octanol–water partition coefficient (Wildman–Crippen LogP) is 2.26. The maximum Gasteiger partial charge on any atom is 0.310 e. The van der Waals surface area contributed by atoms with E-state index in [0.29, 0.717) is 6.42 Å². The van der Waals surface area contributed by atoms with Crippen molar-refractivity contribution < 1.29 is 9.66 Å². The van der Waals surface area contributed by atoms with Crippen molar-refractivity contribution >= 4 is 5.69 Å². The van der Waals surface area contributed by atoms with Gasteiger partial charge >= 0.3 is 5.69 Å². The highest BCUT2D eigenvalue weighted by Gasteiger charge is 2.14. The second-order valence-corrected chi connectivity index (χ2v) is 4.00. The van der Waals surface area contributed by atoms with Gasteiger partial charge in [0, 0.05) is 12.5 Å².